The Balaban J connectivity index is 1.93. The number of rotatable bonds is 3. The number of hydrogen-bond acceptors (Lipinski definition) is 3. The molecule has 3 aromatic rings. The maximum absolute atomic E-state index is 10.9. The van der Waals surface area contributed by atoms with E-state index in [2.05, 4.69) is 9.98 Å². The third-order valence-corrected chi connectivity index (χ3v) is 3.10. The van der Waals surface area contributed by atoms with Crippen molar-refractivity contribution in [3.05, 3.63) is 72.1 Å². The molecular formula is C17H12N2O2. The van der Waals surface area contributed by atoms with E-state index >= 15 is 0 Å². The van der Waals surface area contributed by atoms with Crippen LogP contribution in [-0.2, 0) is 0 Å². The van der Waals surface area contributed by atoms with Crippen molar-refractivity contribution in [2.75, 3.05) is 0 Å². The molecule has 0 aliphatic rings. The van der Waals surface area contributed by atoms with Crippen molar-refractivity contribution in [3.63, 3.8) is 0 Å². The number of nitrogens with zero attached hydrogens (tertiary/aromatic N) is 2. The lowest BCUT2D eigenvalue weighted by atomic mass is 10.1. The van der Waals surface area contributed by atoms with Gasteiger partial charge in [0.1, 0.15) is 0 Å². The molecule has 0 spiro atoms. The van der Waals surface area contributed by atoms with Gasteiger partial charge in [-0.2, -0.15) is 0 Å². The Kier molecular flexibility index (Phi) is 3.43. The standard InChI is InChI=1S/C17H12N2O2/c20-17(21)14-5-4-13-10-15(7-6-12(13)9-14)19-11-16-3-1-2-8-18-16/h1-11H,(H,20,21). The van der Waals surface area contributed by atoms with E-state index in [9.17, 15) is 4.79 Å². The largest absolute Gasteiger partial charge is 0.478 e. The summed E-state index contributed by atoms with van der Waals surface area (Å²) in [5, 5.41) is 10.8. The van der Waals surface area contributed by atoms with E-state index < -0.39 is 5.97 Å². The van der Waals surface area contributed by atoms with Gasteiger partial charge in [0, 0.05) is 6.20 Å². The second-order valence-electron chi connectivity index (χ2n) is 4.56. The van der Waals surface area contributed by atoms with Gasteiger partial charge in [-0.05, 0) is 47.2 Å². The number of pyridine rings is 1. The zero-order valence-electron chi connectivity index (χ0n) is 11.1. The van der Waals surface area contributed by atoms with Crippen LogP contribution in [0.5, 0.6) is 0 Å². The Hall–Kier alpha value is -3.01. The molecule has 0 aliphatic heterocycles. The highest BCUT2D eigenvalue weighted by Crippen LogP contribution is 2.22. The van der Waals surface area contributed by atoms with Crippen molar-refractivity contribution in [1.29, 1.82) is 0 Å². The first-order valence-electron chi connectivity index (χ1n) is 6.44. The number of hydrogen-bond donors (Lipinski definition) is 1. The Labute approximate surface area is 121 Å². The Morgan fingerprint density at radius 1 is 1.05 bits per heavy atom. The molecule has 1 heterocycles. The lowest BCUT2D eigenvalue weighted by molar-refractivity contribution is 0.0697. The summed E-state index contributed by atoms with van der Waals surface area (Å²) in [6, 6.07) is 16.3. The molecule has 1 aromatic heterocycles. The van der Waals surface area contributed by atoms with Crippen molar-refractivity contribution in [2.24, 2.45) is 4.99 Å². The first-order valence-corrected chi connectivity index (χ1v) is 6.44. The number of aromatic nitrogens is 1. The summed E-state index contributed by atoms with van der Waals surface area (Å²) in [4.78, 5) is 19.5. The molecule has 0 atom stereocenters. The highest BCUT2D eigenvalue weighted by atomic mass is 16.4. The minimum Gasteiger partial charge on any atom is -0.478 e. The Morgan fingerprint density at radius 3 is 2.62 bits per heavy atom. The van der Waals surface area contributed by atoms with Crippen molar-refractivity contribution in [1.82, 2.24) is 4.98 Å². The fourth-order valence-electron chi connectivity index (χ4n) is 2.04. The summed E-state index contributed by atoms with van der Waals surface area (Å²) in [7, 11) is 0. The summed E-state index contributed by atoms with van der Waals surface area (Å²) >= 11 is 0. The van der Waals surface area contributed by atoms with Gasteiger partial charge in [-0.3, -0.25) is 9.98 Å². The van der Waals surface area contributed by atoms with Gasteiger partial charge in [0.15, 0.2) is 0 Å². The third kappa shape index (κ3) is 2.95. The zero-order valence-corrected chi connectivity index (χ0v) is 11.1. The highest BCUT2D eigenvalue weighted by molar-refractivity contribution is 5.95. The van der Waals surface area contributed by atoms with Gasteiger partial charge in [-0.1, -0.05) is 18.2 Å². The van der Waals surface area contributed by atoms with Crippen LogP contribution in [0.25, 0.3) is 10.8 Å². The number of carbonyl (C=O) groups is 1. The second-order valence-corrected chi connectivity index (χ2v) is 4.56. The minimum atomic E-state index is -0.922. The predicted molar refractivity (Wildman–Crippen MR) is 82.4 cm³/mol. The van der Waals surface area contributed by atoms with Crippen molar-refractivity contribution in [2.45, 2.75) is 0 Å². The smallest absolute Gasteiger partial charge is 0.335 e. The van der Waals surface area contributed by atoms with Crippen LogP contribution in [0.2, 0.25) is 0 Å². The van der Waals surface area contributed by atoms with Gasteiger partial charge in [0.2, 0.25) is 0 Å². The number of carboxylic acids is 1. The van der Waals surface area contributed by atoms with Crippen LogP contribution < -0.4 is 0 Å². The van der Waals surface area contributed by atoms with Gasteiger partial charge in [0.25, 0.3) is 0 Å². The summed E-state index contributed by atoms with van der Waals surface area (Å²) < 4.78 is 0. The second kappa shape index (κ2) is 5.54. The Bertz CT molecular complexity index is 827. The highest BCUT2D eigenvalue weighted by Gasteiger charge is 2.03. The number of fused-ring (bicyclic) bond motifs is 1. The number of aliphatic imine (C=N–C) groups is 1. The molecule has 0 saturated carbocycles. The Morgan fingerprint density at radius 2 is 1.86 bits per heavy atom. The third-order valence-electron chi connectivity index (χ3n) is 3.10. The molecule has 0 bridgehead atoms. The van der Waals surface area contributed by atoms with Gasteiger partial charge < -0.3 is 5.11 Å². The van der Waals surface area contributed by atoms with Crippen molar-refractivity contribution in [3.8, 4) is 0 Å². The van der Waals surface area contributed by atoms with Crippen molar-refractivity contribution >= 4 is 28.6 Å². The first-order chi connectivity index (χ1) is 10.2. The van der Waals surface area contributed by atoms with Crippen LogP contribution in [0.1, 0.15) is 16.1 Å². The van der Waals surface area contributed by atoms with Crippen LogP contribution >= 0.6 is 0 Å². The van der Waals surface area contributed by atoms with E-state index in [1.807, 2.05) is 36.4 Å². The predicted octanol–water partition coefficient (Wildman–Crippen LogP) is 3.68. The fourth-order valence-corrected chi connectivity index (χ4v) is 2.04. The van der Waals surface area contributed by atoms with E-state index in [1.54, 1.807) is 30.6 Å². The van der Waals surface area contributed by atoms with Crippen LogP contribution in [0, 0.1) is 0 Å². The van der Waals surface area contributed by atoms with E-state index in [1.165, 1.54) is 0 Å². The lowest BCUT2D eigenvalue weighted by Gasteiger charge is -2.01. The molecule has 102 valence electrons. The van der Waals surface area contributed by atoms with E-state index in [-0.39, 0.29) is 5.56 Å². The van der Waals surface area contributed by atoms with Gasteiger partial charge in [0.05, 0.1) is 23.2 Å². The molecule has 0 radical (unpaired) electrons. The molecule has 21 heavy (non-hydrogen) atoms. The van der Waals surface area contributed by atoms with Crippen LogP contribution in [0.3, 0.4) is 0 Å². The van der Waals surface area contributed by atoms with Crippen molar-refractivity contribution < 1.29 is 9.90 Å². The van der Waals surface area contributed by atoms with E-state index in [4.69, 9.17) is 5.11 Å². The average molecular weight is 276 g/mol. The topological polar surface area (TPSA) is 62.5 Å². The molecule has 0 amide bonds. The molecule has 3 rings (SSSR count). The minimum absolute atomic E-state index is 0.284. The molecule has 4 heteroatoms. The summed E-state index contributed by atoms with van der Waals surface area (Å²) in [5.41, 5.74) is 1.88. The maximum atomic E-state index is 10.9. The first kappa shape index (κ1) is 13.0. The molecular weight excluding hydrogens is 264 g/mol. The number of carboxylic acid groups (broad SMARTS) is 1. The molecule has 0 aliphatic carbocycles. The van der Waals surface area contributed by atoms with Gasteiger partial charge in [-0.25, -0.2) is 4.79 Å². The van der Waals surface area contributed by atoms with Gasteiger partial charge in [-0.15, -0.1) is 0 Å². The maximum Gasteiger partial charge on any atom is 0.335 e. The summed E-state index contributed by atoms with van der Waals surface area (Å²) in [6.45, 7) is 0. The summed E-state index contributed by atoms with van der Waals surface area (Å²) in [6.07, 6.45) is 3.42. The lowest BCUT2D eigenvalue weighted by Crippen LogP contribution is -1.94. The molecule has 0 fully saturated rings. The fraction of sp³-hybridized carbons (Fsp3) is 0. The molecule has 1 N–H and O–H groups in total. The van der Waals surface area contributed by atoms with E-state index in [0.29, 0.717) is 0 Å². The van der Waals surface area contributed by atoms with Gasteiger partial charge >= 0.3 is 5.97 Å². The number of aromatic carboxylic acids is 1. The monoisotopic (exact) mass is 276 g/mol. The summed E-state index contributed by atoms with van der Waals surface area (Å²) in [5.74, 6) is -0.922. The normalized spacial score (nSPS) is 11.0. The number of benzene rings is 2. The quantitative estimate of drug-likeness (QED) is 0.742. The van der Waals surface area contributed by atoms with Crippen LogP contribution in [0.15, 0.2) is 65.8 Å². The van der Waals surface area contributed by atoms with E-state index in [0.717, 1.165) is 22.2 Å². The van der Waals surface area contributed by atoms with Crippen LogP contribution in [0.4, 0.5) is 5.69 Å². The average Bonchev–Trinajstić information content (AvgIpc) is 2.53. The SMILES string of the molecule is O=C(O)c1ccc2cc(N=Cc3ccccn3)ccc2c1. The molecule has 0 saturated heterocycles. The molecule has 2 aromatic carbocycles. The zero-order chi connectivity index (χ0) is 14.7. The molecule has 4 nitrogen and oxygen atoms in total. The van der Waals surface area contributed by atoms with Crippen LogP contribution in [-0.4, -0.2) is 22.3 Å². The molecule has 0 unspecified atom stereocenters.